The highest BCUT2D eigenvalue weighted by Gasteiger charge is 2.34. The monoisotopic (exact) mass is 230 g/mol. The minimum atomic E-state index is 0.759. The van der Waals surface area contributed by atoms with Crippen LogP contribution < -0.4 is 5.32 Å². The van der Waals surface area contributed by atoms with E-state index in [-0.39, 0.29) is 0 Å². The second kappa shape index (κ2) is 4.79. The third-order valence-electron chi connectivity index (χ3n) is 4.26. The van der Waals surface area contributed by atoms with E-state index < -0.39 is 0 Å². The van der Waals surface area contributed by atoms with Crippen molar-refractivity contribution in [2.24, 2.45) is 0 Å². The van der Waals surface area contributed by atoms with Crippen molar-refractivity contribution in [1.29, 1.82) is 0 Å². The lowest BCUT2D eigenvalue weighted by molar-refractivity contribution is 0.129. The minimum absolute atomic E-state index is 0.759. The molecule has 1 heterocycles. The summed E-state index contributed by atoms with van der Waals surface area (Å²) in [6.45, 7) is 5.65. The van der Waals surface area contributed by atoms with Gasteiger partial charge < -0.3 is 5.32 Å². The van der Waals surface area contributed by atoms with Crippen molar-refractivity contribution in [1.82, 2.24) is 10.2 Å². The number of benzene rings is 1. The van der Waals surface area contributed by atoms with Crippen molar-refractivity contribution in [3.63, 3.8) is 0 Å². The summed E-state index contributed by atoms with van der Waals surface area (Å²) in [6, 6.07) is 10.6. The van der Waals surface area contributed by atoms with E-state index in [1.165, 1.54) is 36.9 Å². The molecule has 0 bridgehead atoms. The Morgan fingerprint density at radius 3 is 2.88 bits per heavy atom. The normalized spacial score (nSPS) is 29.2. The lowest BCUT2D eigenvalue weighted by Crippen LogP contribution is -2.54. The third-order valence-corrected chi connectivity index (χ3v) is 4.26. The van der Waals surface area contributed by atoms with E-state index in [0.29, 0.717) is 0 Å². The molecule has 17 heavy (non-hydrogen) atoms. The highest BCUT2D eigenvalue weighted by molar-refractivity contribution is 5.21. The molecular formula is C15H22N2. The first-order valence-electron chi connectivity index (χ1n) is 6.86. The largest absolute Gasteiger partial charge is 0.311 e. The third kappa shape index (κ3) is 2.38. The zero-order valence-electron chi connectivity index (χ0n) is 10.7. The van der Waals surface area contributed by atoms with Crippen molar-refractivity contribution in [3.05, 3.63) is 35.4 Å². The first-order chi connectivity index (χ1) is 8.33. The molecule has 1 aromatic rings. The van der Waals surface area contributed by atoms with Crippen LogP contribution in [-0.4, -0.2) is 30.1 Å². The van der Waals surface area contributed by atoms with Gasteiger partial charge >= 0.3 is 0 Å². The maximum absolute atomic E-state index is 3.66. The fourth-order valence-electron chi connectivity index (χ4n) is 3.30. The predicted octanol–water partition coefficient (Wildman–Crippen LogP) is 2.32. The molecule has 92 valence electrons. The van der Waals surface area contributed by atoms with Gasteiger partial charge in [-0.1, -0.05) is 36.2 Å². The van der Waals surface area contributed by atoms with E-state index in [2.05, 4.69) is 41.4 Å². The Labute approximate surface area is 104 Å². The smallest absolute Gasteiger partial charge is 0.0253 e. The Balaban J connectivity index is 1.69. The molecule has 0 amide bonds. The number of hydrogen-bond donors (Lipinski definition) is 1. The Hall–Kier alpha value is -0.860. The summed E-state index contributed by atoms with van der Waals surface area (Å²) in [5.41, 5.74) is 2.82. The van der Waals surface area contributed by atoms with Crippen molar-refractivity contribution >= 4 is 0 Å². The Kier molecular flexibility index (Phi) is 3.17. The van der Waals surface area contributed by atoms with Crippen LogP contribution in [0, 0.1) is 6.92 Å². The number of aryl methyl sites for hydroxylation is 1. The molecule has 1 aliphatic carbocycles. The van der Waals surface area contributed by atoms with Gasteiger partial charge in [-0.2, -0.15) is 0 Å². The maximum Gasteiger partial charge on any atom is 0.0253 e. The van der Waals surface area contributed by atoms with E-state index in [4.69, 9.17) is 0 Å². The molecule has 2 nitrogen and oxygen atoms in total. The molecule has 1 saturated heterocycles. The Bertz CT molecular complexity index is 371. The molecule has 1 aromatic carbocycles. The number of fused-ring (bicyclic) bond motifs is 1. The number of nitrogens with zero attached hydrogens (tertiary/aromatic N) is 1. The molecule has 0 aromatic heterocycles. The van der Waals surface area contributed by atoms with E-state index in [9.17, 15) is 0 Å². The molecule has 2 atom stereocenters. The van der Waals surface area contributed by atoms with Gasteiger partial charge in [0.1, 0.15) is 0 Å². The van der Waals surface area contributed by atoms with Crippen molar-refractivity contribution in [3.8, 4) is 0 Å². The van der Waals surface area contributed by atoms with Crippen LogP contribution in [0.15, 0.2) is 24.3 Å². The van der Waals surface area contributed by atoms with Gasteiger partial charge in [0.2, 0.25) is 0 Å². The van der Waals surface area contributed by atoms with Gasteiger partial charge in [0.05, 0.1) is 0 Å². The maximum atomic E-state index is 3.66. The molecule has 2 heteroatoms. The zero-order valence-corrected chi connectivity index (χ0v) is 10.7. The van der Waals surface area contributed by atoms with Crippen molar-refractivity contribution in [2.45, 2.75) is 44.8 Å². The van der Waals surface area contributed by atoms with Crippen LogP contribution >= 0.6 is 0 Å². The molecule has 2 fully saturated rings. The summed E-state index contributed by atoms with van der Waals surface area (Å²) in [7, 11) is 0. The first-order valence-corrected chi connectivity index (χ1v) is 6.86. The van der Waals surface area contributed by atoms with Crippen molar-refractivity contribution < 1.29 is 0 Å². The second-order valence-electron chi connectivity index (χ2n) is 5.51. The summed E-state index contributed by atoms with van der Waals surface area (Å²) in [6.07, 6.45) is 4.14. The summed E-state index contributed by atoms with van der Waals surface area (Å²) in [4.78, 5) is 2.68. The lowest BCUT2D eigenvalue weighted by Gasteiger charge is -2.38. The number of piperazine rings is 1. The molecule has 0 spiro atoms. The van der Waals surface area contributed by atoms with Crippen LogP contribution in [0.5, 0.6) is 0 Å². The van der Waals surface area contributed by atoms with E-state index in [0.717, 1.165) is 25.2 Å². The highest BCUT2D eigenvalue weighted by Crippen LogP contribution is 2.27. The molecule has 2 aliphatic rings. The van der Waals surface area contributed by atoms with Crippen LogP contribution in [0.4, 0.5) is 0 Å². The topological polar surface area (TPSA) is 15.3 Å². The summed E-state index contributed by atoms with van der Waals surface area (Å²) in [5.74, 6) is 0. The average Bonchev–Trinajstić information content (AvgIpc) is 2.81. The number of nitrogens with one attached hydrogen (secondary N) is 1. The van der Waals surface area contributed by atoms with Gasteiger partial charge in [0.25, 0.3) is 0 Å². The Morgan fingerprint density at radius 2 is 2.06 bits per heavy atom. The average molecular weight is 230 g/mol. The van der Waals surface area contributed by atoms with Crippen LogP contribution in [0.25, 0.3) is 0 Å². The van der Waals surface area contributed by atoms with Gasteiger partial charge in [-0.15, -0.1) is 0 Å². The van der Waals surface area contributed by atoms with E-state index in [1.54, 1.807) is 0 Å². The molecule has 0 unspecified atom stereocenters. The number of rotatable bonds is 2. The Morgan fingerprint density at radius 1 is 1.24 bits per heavy atom. The fraction of sp³-hybridized carbons (Fsp3) is 0.600. The molecule has 0 radical (unpaired) electrons. The molecule has 1 aliphatic heterocycles. The first kappa shape index (κ1) is 11.2. The van der Waals surface area contributed by atoms with E-state index in [1.807, 2.05) is 0 Å². The molecular weight excluding hydrogens is 208 g/mol. The molecule has 1 N–H and O–H groups in total. The molecule has 1 saturated carbocycles. The standard InChI is InChI=1S/C15H22N2/c1-12-5-7-13(8-6-12)11-17-10-9-16-14-3-2-4-15(14)17/h5-8,14-16H,2-4,9-11H2,1H3/t14-,15-/m0/s1. The van der Waals surface area contributed by atoms with Crippen molar-refractivity contribution in [2.75, 3.05) is 13.1 Å². The SMILES string of the molecule is Cc1ccc(CN2CCN[C@H]3CCC[C@@H]32)cc1. The highest BCUT2D eigenvalue weighted by atomic mass is 15.2. The predicted molar refractivity (Wildman–Crippen MR) is 71.0 cm³/mol. The van der Waals surface area contributed by atoms with Crippen LogP contribution in [0.3, 0.4) is 0 Å². The quantitative estimate of drug-likeness (QED) is 0.839. The van der Waals surface area contributed by atoms with Gasteiger partial charge in [0.15, 0.2) is 0 Å². The summed E-state index contributed by atoms with van der Waals surface area (Å²) >= 11 is 0. The molecule has 3 rings (SSSR count). The van der Waals surface area contributed by atoms with E-state index >= 15 is 0 Å². The minimum Gasteiger partial charge on any atom is -0.311 e. The summed E-state index contributed by atoms with van der Waals surface area (Å²) in [5, 5.41) is 3.66. The number of hydrogen-bond acceptors (Lipinski definition) is 2. The second-order valence-corrected chi connectivity index (χ2v) is 5.51. The zero-order chi connectivity index (χ0) is 11.7. The van der Waals surface area contributed by atoms with Crippen LogP contribution in [0.2, 0.25) is 0 Å². The van der Waals surface area contributed by atoms with Gasteiger partial charge in [-0.25, -0.2) is 0 Å². The fourth-order valence-corrected chi connectivity index (χ4v) is 3.30. The van der Waals surface area contributed by atoms with Crippen LogP contribution in [0.1, 0.15) is 30.4 Å². The lowest BCUT2D eigenvalue weighted by atomic mass is 10.1. The van der Waals surface area contributed by atoms with Crippen LogP contribution in [-0.2, 0) is 6.54 Å². The van der Waals surface area contributed by atoms with Gasteiger partial charge in [0, 0.05) is 31.7 Å². The van der Waals surface area contributed by atoms with Gasteiger partial charge in [-0.3, -0.25) is 4.90 Å². The van der Waals surface area contributed by atoms with Gasteiger partial charge in [-0.05, 0) is 25.3 Å². The summed E-state index contributed by atoms with van der Waals surface area (Å²) < 4.78 is 0.